The van der Waals surface area contributed by atoms with E-state index in [9.17, 15) is 13.2 Å². The van der Waals surface area contributed by atoms with Crippen molar-refractivity contribution in [1.29, 1.82) is 0 Å². The predicted octanol–water partition coefficient (Wildman–Crippen LogP) is 4.19. The van der Waals surface area contributed by atoms with Crippen molar-refractivity contribution in [3.05, 3.63) is 66.2 Å². The van der Waals surface area contributed by atoms with Crippen LogP contribution >= 0.6 is 12.4 Å². The van der Waals surface area contributed by atoms with Crippen molar-refractivity contribution in [2.24, 2.45) is 0 Å². The van der Waals surface area contributed by atoms with Crippen LogP contribution in [0.2, 0.25) is 0 Å². The summed E-state index contributed by atoms with van der Waals surface area (Å²) in [6.07, 6.45) is 3.69. The predicted molar refractivity (Wildman–Crippen MR) is 135 cm³/mol. The first kappa shape index (κ1) is 24.2. The minimum Gasteiger partial charge on any atom is -0.351 e. The van der Waals surface area contributed by atoms with Crippen LogP contribution in [0.25, 0.3) is 21.7 Å². The van der Waals surface area contributed by atoms with Crippen molar-refractivity contribution in [3.63, 3.8) is 0 Å². The third kappa shape index (κ3) is 4.66. The van der Waals surface area contributed by atoms with E-state index in [1.807, 2.05) is 24.3 Å². The van der Waals surface area contributed by atoms with Gasteiger partial charge in [0.1, 0.15) is 0 Å². The number of carbonyl (C=O) groups excluding carboxylic acids is 1. The second-order valence-corrected chi connectivity index (χ2v) is 10.3. The maximum absolute atomic E-state index is 13.6. The first-order valence-corrected chi connectivity index (χ1v) is 12.7. The first-order valence-electron chi connectivity index (χ1n) is 11.3. The number of nitrogens with zero attached hydrogens (tertiary/aromatic N) is 2. The van der Waals surface area contributed by atoms with Crippen molar-refractivity contribution in [2.75, 3.05) is 26.2 Å². The van der Waals surface area contributed by atoms with Crippen LogP contribution in [0.1, 0.15) is 29.6 Å². The van der Waals surface area contributed by atoms with Crippen LogP contribution in [-0.4, -0.2) is 55.6 Å². The van der Waals surface area contributed by atoms with Crippen LogP contribution in [0.5, 0.6) is 0 Å². The monoisotopic (exact) mass is 498 g/mol. The molecule has 3 aromatic carbocycles. The van der Waals surface area contributed by atoms with Gasteiger partial charge in [0.2, 0.25) is 9.84 Å². The van der Waals surface area contributed by atoms with Gasteiger partial charge in [0.15, 0.2) is 5.03 Å². The maximum Gasteiger partial charge on any atom is 0.251 e. The molecule has 0 atom stereocenters. The van der Waals surface area contributed by atoms with E-state index in [4.69, 9.17) is 0 Å². The number of carbonyl (C=O) groups is 1. The summed E-state index contributed by atoms with van der Waals surface area (Å²) in [5, 5.41) is 11.7. The third-order valence-electron chi connectivity index (χ3n) is 6.25. The Morgan fingerprint density at radius 3 is 2.56 bits per heavy atom. The average Bonchev–Trinajstić information content (AvgIpc) is 3.28. The van der Waals surface area contributed by atoms with Crippen molar-refractivity contribution in [1.82, 2.24) is 20.4 Å². The van der Waals surface area contributed by atoms with Crippen LogP contribution in [0.4, 0.5) is 0 Å². The highest BCUT2D eigenvalue weighted by Gasteiger charge is 2.25. The Bertz CT molecular complexity index is 1420. The zero-order valence-corrected chi connectivity index (χ0v) is 20.3. The molecule has 2 N–H and O–H groups in total. The molecule has 9 heteroatoms. The molecule has 0 aliphatic carbocycles. The van der Waals surface area contributed by atoms with Crippen LogP contribution in [0.3, 0.4) is 0 Å². The highest BCUT2D eigenvalue weighted by atomic mass is 35.5. The Balaban J connectivity index is 0.00000274. The zero-order valence-electron chi connectivity index (χ0n) is 18.7. The number of nitrogens with one attached hydrogen (secondary N) is 2. The lowest BCUT2D eigenvalue weighted by Gasteiger charge is -2.26. The fourth-order valence-corrected chi connectivity index (χ4v) is 6.06. The molecular formula is C25H27ClN4O3S. The van der Waals surface area contributed by atoms with E-state index in [-0.39, 0.29) is 28.2 Å². The van der Waals surface area contributed by atoms with E-state index < -0.39 is 9.84 Å². The van der Waals surface area contributed by atoms with Gasteiger partial charge >= 0.3 is 0 Å². The average molecular weight is 499 g/mol. The fourth-order valence-electron chi connectivity index (χ4n) is 4.49. The molecule has 0 spiro atoms. The zero-order chi connectivity index (χ0) is 22.8. The van der Waals surface area contributed by atoms with E-state index in [0.717, 1.165) is 25.0 Å². The van der Waals surface area contributed by atoms with Gasteiger partial charge in [0.25, 0.3) is 5.91 Å². The first-order chi connectivity index (χ1) is 16.0. The van der Waals surface area contributed by atoms with Gasteiger partial charge in [-0.2, -0.15) is 5.10 Å². The number of hydrogen-bond acceptors (Lipinski definition) is 5. The number of fused-ring (bicyclic) bond motifs is 2. The number of amides is 1. The molecule has 5 rings (SSSR count). The molecule has 7 nitrogen and oxygen atoms in total. The summed E-state index contributed by atoms with van der Waals surface area (Å²) in [4.78, 5) is 15.3. The highest BCUT2D eigenvalue weighted by Crippen LogP contribution is 2.31. The molecular weight excluding hydrogens is 472 g/mol. The number of benzene rings is 3. The summed E-state index contributed by atoms with van der Waals surface area (Å²) in [6.45, 7) is 3.53. The second kappa shape index (κ2) is 10.1. The van der Waals surface area contributed by atoms with Gasteiger partial charge < -0.3 is 10.2 Å². The van der Waals surface area contributed by atoms with Crippen molar-refractivity contribution >= 4 is 49.8 Å². The van der Waals surface area contributed by atoms with Gasteiger partial charge in [-0.3, -0.25) is 9.89 Å². The van der Waals surface area contributed by atoms with Crippen LogP contribution < -0.4 is 5.32 Å². The number of aromatic amines is 1. The molecule has 1 fully saturated rings. The van der Waals surface area contributed by atoms with E-state index in [0.29, 0.717) is 28.4 Å². The Kier molecular flexibility index (Phi) is 7.21. The van der Waals surface area contributed by atoms with Gasteiger partial charge in [-0.05, 0) is 55.6 Å². The topological polar surface area (TPSA) is 95.2 Å². The summed E-state index contributed by atoms with van der Waals surface area (Å²) in [7, 11) is -3.88. The number of hydrogen-bond donors (Lipinski definition) is 2. The number of likely N-dealkylation sites (tertiary alicyclic amines) is 1. The number of sulfone groups is 1. The van der Waals surface area contributed by atoms with Gasteiger partial charge in [0, 0.05) is 29.4 Å². The molecule has 178 valence electrons. The van der Waals surface area contributed by atoms with E-state index >= 15 is 0 Å². The van der Waals surface area contributed by atoms with Crippen LogP contribution in [0.15, 0.2) is 70.6 Å². The van der Waals surface area contributed by atoms with Crippen LogP contribution in [0, 0.1) is 0 Å². The lowest BCUT2D eigenvalue weighted by atomic mass is 10.1. The normalized spacial score (nSPS) is 14.7. The summed E-state index contributed by atoms with van der Waals surface area (Å²) in [6, 6.07) is 17.5. The molecule has 0 bridgehead atoms. The highest BCUT2D eigenvalue weighted by molar-refractivity contribution is 7.91. The van der Waals surface area contributed by atoms with E-state index in [2.05, 4.69) is 20.4 Å². The summed E-state index contributed by atoms with van der Waals surface area (Å²) < 4.78 is 27.1. The Labute approximate surface area is 204 Å². The fraction of sp³-hybridized carbons (Fsp3) is 0.280. The molecule has 1 amide bonds. The summed E-state index contributed by atoms with van der Waals surface area (Å²) in [5.41, 5.74) is 0.913. The summed E-state index contributed by atoms with van der Waals surface area (Å²) >= 11 is 0. The smallest absolute Gasteiger partial charge is 0.251 e. The standard InChI is InChI=1S/C25H26N4O3S.ClH/c30-24(26-13-16-29-14-4-1-5-15-29)19-11-12-22-21(17-19)25(28-27-22)33(31,32)23-10-6-8-18-7-2-3-9-20(18)23;/h2-3,6-12,17H,1,4-5,13-16H2,(H,26,30)(H,27,28);1H. The number of piperidine rings is 1. The van der Waals surface area contributed by atoms with Gasteiger partial charge in [0.05, 0.1) is 10.4 Å². The summed E-state index contributed by atoms with van der Waals surface area (Å²) in [5.74, 6) is -0.219. The molecule has 4 aromatic rings. The Morgan fingerprint density at radius 1 is 0.971 bits per heavy atom. The number of rotatable bonds is 6. The Hall–Kier alpha value is -2.94. The molecule has 1 aliphatic heterocycles. The molecule has 34 heavy (non-hydrogen) atoms. The molecule has 0 saturated carbocycles. The lowest BCUT2D eigenvalue weighted by molar-refractivity contribution is 0.0946. The third-order valence-corrected chi connectivity index (χ3v) is 8.04. The molecule has 0 radical (unpaired) electrons. The van der Waals surface area contributed by atoms with Crippen molar-refractivity contribution < 1.29 is 13.2 Å². The van der Waals surface area contributed by atoms with Crippen molar-refractivity contribution in [2.45, 2.75) is 29.2 Å². The number of H-pyrrole nitrogens is 1. The van der Waals surface area contributed by atoms with Gasteiger partial charge in [-0.15, -0.1) is 12.4 Å². The molecule has 1 saturated heterocycles. The quantitative estimate of drug-likeness (QED) is 0.415. The SMILES string of the molecule is Cl.O=C(NCCN1CCCCC1)c1ccc2n[nH]c(S(=O)(=O)c3cccc4ccccc34)c2c1. The van der Waals surface area contributed by atoms with Crippen molar-refractivity contribution in [3.8, 4) is 0 Å². The lowest BCUT2D eigenvalue weighted by Crippen LogP contribution is -2.37. The molecule has 1 aliphatic rings. The van der Waals surface area contributed by atoms with Gasteiger partial charge in [-0.25, -0.2) is 8.42 Å². The minimum absolute atomic E-state index is 0. The van der Waals surface area contributed by atoms with Crippen LogP contribution in [-0.2, 0) is 9.84 Å². The van der Waals surface area contributed by atoms with E-state index in [1.54, 1.807) is 36.4 Å². The number of aromatic nitrogens is 2. The molecule has 1 aromatic heterocycles. The molecule has 2 heterocycles. The van der Waals surface area contributed by atoms with Gasteiger partial charge in [-0.1, -0.05) is 42.8 Å². The Morgan fingerprint density at radius 2 is 1.74 bits per heavy atom. The molecule has 0 unspecified atom stereocenters. The van der Waals surface area contributed by atoms with E-state index in [1.165, 1.54) is 19.3 Å². The largest absolute Gasteiger partial charge is 0.351 e. The maximum atomic E-state index is 13.6. The number of halogens is 1. The minimum atomic E-state index is -3.88. The second-order valence-electron chi connectivity index (χ2n) is 8.42.